The van der Waals surface area contributed by atoms with Crippen LogP contribution in [0.1, 0.15) is 11.1 Å². The molecular formula is C12H17BrIN3. The van der Waals surface area contributed by atoms with E-state index in [0.717, 1.165) is 30.1 Å². The van der Waals surface area contributed by atoms with Crippen LogP contribution in [0.25, 0.3) is 0 Å². The number of nitrogens with one attached hydrogen (secondary N) is 1. The van der Waals surface area contributed by atoms with Crippen molar-refractivity contribution in [2.24, 2.45) is 4.99 Å². The molecule has 1 aromatic carbocycles. The molecule has 1 N–H and O–H groups in total. The van der Waals surface area contributed by atoms with E-state index in [1.54, 1.807) is 0 Å². The fourth-order valence-electron chi connectivity index (χ4n) is 1.73. The molecule has 1 aromatic rings. The molecule has 0 spiro atoms. The molecule has 0 saturated heterocycles. The third-order valence-corrected chi connectivity index (χ3v) is 3.30. The number of hydrogen-bond donors (Lipinski definition) is 1. The number of benzene rings is 1. The number of halogens is 2. The summed E-state index contributed by atoms with van der Waals surface area (Å²) < 4.78 is 1.12. The first-order valence-corrected chi connectivity index (χ1v) is 6.20. The van der Waals surface area contributed by atoms with Crippen LogP contribution in [0.4, 0.5) is 0 Å². The van der Waals surface area contributed by atoms with E-state index in [0.29, 0.717) is 0 Å². The number of rotatable bonds is 2. The highest BCUT2D eigenvalue weighted by atomic mass is 127. The first kappa shape index (κ1) is 14.8. The van der Waals surface area contributed by atoms with E-state index in [-0.39, 0.29) is 24.0 Å². The van der Waals surface area contributed by atoms with E-state index < -0.39 is 0 Å². The zero-order valence-corrected chi connectivity index (χ0v) is 14.0. The summed E-state index contributed by atoms with van der Waals surface area (Å²) in [5, 5.41) is 3.37. The Hall–Kier alpha value is -0.300. The molecule has 2 rings (SSSR count). The molecular weight excluding hydrogens is 393 g/mol. The van der Waals surface area contributed by atoms with Gasteiger partial charge in [0.05, 0.1) is 6.54 Å². The maximum atomic E-state index is 4.40. The Labute approximate surface area is 128 Å². The molecule has 0 atom stereocenters. The maximum absolute atomic E-state index is 4.40. The topological polar surface area (TPSA) is 27.6 Å². The van der Waals surface area contributed by atoms with E-state index >= 15 is 0 Å². The summed E-state index contributed by atoms with van der Waals surface area (Å²) >= 11 is 3.49. The highest BCUT2D eigenvalue weighted by Gasteiger charge is 2.11. The Balaban J connectivity index is 0.00000144. The number of hydrogen-bond acceptors (Lipinski definition) is 3. The fraction of sp³-hybridized carbons (Fsp3) is 0.417. The van der Waals surface area contributed by atoms with Crippen LogP contribution in [0.2, 0.25) is 0 Å². The number of aliphatic imine (C=N–C) groups is 1. The molecule has 0 unspecified atom stereocenters. The molecule has 1 heterocycles. The normalized spacial score (nSPS) is 14.3. The van der Waals surface area contributed by atoms with Gasteiger partial charge in [0.1, 0.15) is 0 Å². The van der Waals surface area contributed by atoms with Gasteiger partial charge >= 0.3 is 0 Å². The Morgan fingerprint density at radius 3 is 2.88 bits per heavy atom. The van der Waals surface area contributed by atoms with E-state index in [1.165, 1.54) is 11.1 Å². The monoisotopic (exact) mass is 409 g/mol. The molecule has 5 heteroatoms. The van der Waals surface area contributed by atoms with Crippen LogP contribution in [-0.4, -0.2) is 31.0 Å². The summed E-state index contributed by atoms with van der Waals surface area (Å²) in [6, 6.07) is 6.34. The van der Waals surface area contributed by atoms with E-state index in [1.807, 2.05) is 0 Å². The van der Waals surface area contributed by atoms with Crippen molar-refractivity contribution in [3.8, 4) is 0 Å². The molecule has 1 aliphatic rings. The fourth-order valence-corrected chi connectivity index (χ4v) is 2.14. The van der Waals surface area contributed by atoms with Gasteiger partial charge in [-0.1, -0.05) is 22.0 Å². The Kier molecular flexibility index (Phi) is 5.72. The Morgan fingerprint density at radius 2 is 2.24 bits per heavy atom. The van der Waals surface area contributed by atoms with Crippen molar-refractivity contribution >= 4 is 45.9 Å². The lowest BCUT2D eigenvalue weighted by molar-refractivity contribution is 0.534. The summed E-state index contributed by atoms with van der Waals surface area (Å²) in [7, 11) is 2.06. The van der Waals surface area contributed by atoms with Gasteiger partial charge in [-0.2, -0.15) is 0 Å². The number of likely N-dealkylation sites (N-methyl/N-ethyl adjacent to an activating group) is 1. The average molecular weight is 410 g/mol. The summed E-state index contributed by atoms with van der Waals surface area (Å²) in [6.45, 7) is 4.87. The van der Waals surface area contributed by atoms with Crippen molar-refractivity contribution in [3.05, 3.63) is 33.8 Å². The zero-order chi connectivity index (χ0) is 11.5. The third-order valence-electron chi connectivity index (χ3n) is 2.81. The minimum Gasteiger partial charge on any atom is -0.352 e. The van der Waals surface area contributed by atoms with Crippen LogP contribution in [-0.2, 0) is 6.54 Å². The van der Waals surface area contributed by atoms with Crippen LogP contribution in [0.5, 0.6) is 0 Å². The smallest absolute Gasteiger partial charge is 0.194 e. The van der Waals surface area contributed by atoms with E-state index in [9.17, 15) is 0 Å². The van der Waals surface area contributed by atoms with Crippen molar-refractivity contribution in [1.29, 1.82) is 0 Å². The maximum Gasteiger partial charge on any atom is 0.194 e. The predicted molar refractivity (Wildman–Crippen MR) is 86.1 cm³/mol. The highest BCUT2D eigenvalue weighted by Crippen LogP contribution is 2.15. The van der Waals surface area contributed by atoms with Gasteiger partial charge in [0.25, 0.3) is 0 Å². The van der Waals surface area contributed by atoms with Crippen molar-refractivity contribution in [1.82, 2.24) is 10.2 Å². The van der Waals surface area contributed by atoms with E-state index in [4.69, 9.17) is 0 Å². The van der Waals surface area contributed by atoms with Crippen LogP contribution in [0, 0.1) is 6.92 Å². The van der Waals surface area contributed by atoms with Gasteiger partial charge < -0.3 is 10.2 Å². The number of aryl methyl sites for hydroxylation is 1. The second kappa shape index (κ2) is 6.58. The lowest BCUT2D eigenvalue weighted by Gasteiger charge is -2.16. The van der Waals surface area contributed by atoms with Gasteiger partial charge in [0, 0.05) is 24.6 Å². The second-order valence-electron chi connectivity index (χ2n) is 4.05. The second-order valence-corrected chi connectivity index (χ2v) is 4.97. The minimum atomic E-state index is 0. The lowest BCUT2D eigenvalue weighted by Crippen LogP contribution is -2.35. The molecule has 1 aliphatic heterocycles. The van der Waals surface area contributed by atoms with Crippen molar-refractivity contribution in [3.63, 3.8) is 0 Å². The molecule has 0 bridgehead atoms. The first-order valence-electron chi connectivity index (χ1n) is 5.41. The predicted octanol–water partition coefficient (Wildman–Crippen LogP) is 2.77. The molecule has 0 aromatic heterocycles. The van der Waals surface area contributed by atoms with Gasteiger partial charge in [-0.15, -0.1) is 24.0 Å². The highest BCUT2D eigenvalue weighted by molar-refractivity contribution is 14.0. The molecule has 0 radical (unpaired) electrons. The molecule has 3 nitrogen and oxygen atoms in total. The Morgan fingerprint density at radius 1 is 1.47 bits per heavy atom. The van der Waals surface area contributed by atoms with Crippen molar-refractivity contribution < 1.29 is 0 Å². The van der Waals surface area contributed by atoms with Crippen LogP contribution < -0.4 is 5.32 Å². The SMILES string of the molecule is Cc1ccc(Br)cc1CNC1=NCCN1C.I. The standard InChI is InChI=1S/C12H16BrN3.HI/c1-9-3-4-11(13)7-10(9)8-15-12-14-5-6-16(12)2;/h3-4,7H,5-6,8H2,1-2H3,(H,14,15);1H. The molecule has 0 aliphatic carbocycles. The third kappa shape index (κ3) is 3.84. The van der Waals surface area contributed by atoms with Crippen LogP contribution in [0.15, 0.2) is 27.7 Å². The van der Waals surface area contributed by atoms with Gasteiger partial charge in [-0.05, 0) is 30.2 Å². The van der Waals surface area contributed by atoms with Gasteiger partial charge in [0.2, 0.25) is 0 Å². The summed E-state index contributed by atoms with van der Waals surface area (Å²) in [6.07, 6.45) is 0. The zero-order valence-electron chi connectivity index (χ0n) is 10.0. The molecule has 94 valence electrons. The van der Waals surface area contributed by atoms with Crippen LogP contribution >= 0.6 is 39.9 Å². The minimum absolute atomic E-state index is 0. The largest absolute Gasteiger partial charge is 0.352 e. The molecule has 0 amide bonds. The molecule has 0 fully saturated rings. The average Bonchev–Trinajstić information content (AvgIpc) is 2.66. The van der Waals surface area contributed by atoms with Gasteiger partial charge in [0.15, 0.2) is 5.96 Å². The van der Waals surface area contributed by atoms with Crippen LogP contribution in [0.3, 0.4) is 0 Å². The Bertz CT molecular complexity index is 420. The van der Waals surface area contributed by atoms with Gasteiger partial charge in [-0.3, -0.25) is 4.99 Å². The summed E-state index contributed by atoms with van der Waals surface area (Å²) in [4.78, 5) is 6.55. The lowest BCUT2D eigenvalue weighted by atomic mass is 10.1. The number of nitrogens with zero attached hydrogens (tertiary/aromatic N) is 2. The quantitative estimate of drug-likeness (QED) is 0.760. The molecule has 0 saturated carbocycles. The molecule has 17 heavy (non-hydrogen) atoms. The van der Waals surface area contributed by atoms with E-state index in [2.05, 4.69) is 63.3 Å². The van der Waals surface area contributed by atoms with Crippen molar-refractivity contribution in [2.45, 2.75) is 13.5 Å². The first-order chi connectivity index (χ1) is 7.66. The van der Waals surface area contributed by atoms with Crippen molar-refractivity contribution in [2.75, 3.05) is 20.1 Å². The summed E-state index contributed by atoms with van der Waals surface area (Å²) in [5.41, 5.74) is 2.61. The number of guanidine groups is 1. The summed E-state index contributed by atoms with van der Waals surface area (Å²) in [5.74, 6) is 0.999. The van der Waals surface area contributed by atoms with Gasteiger partial charge in [-0.25, -0.2) is 0 Å².